The molecule has 0 saturated carbocycles. The van der Waals surface area contributed by atoms with Gasteiger partial charge >= 0.3 is 0 Å². The normalized spacial score (nSPS) is 34.9. The molecule has 0 spiro atoms. The zero-order chi connectivity index (χ0) is 8.72. The molecule has 0 aromatic carbocycles. The van der Waals surface area contributed by atoms with Gasteiger partial charge in [0.15, 0.2) is 5.78 Å². The van der Waals surface area contributed by atoms with Crippen molar-refractivity contribution in [1.82, 2.24) is 5.32 Å². The summed E-state index contributed by atoms with van der Waals surface area (Å²) >= 11 is 0. The van der Waals surface area contributed by atoms with Gasteiger partial charge in [0.25, 0.3) is 0 Å². The van der Waals surface area contributed by atoms with Crippen LogP contribution in [0.3, 0.4) is 0 Å². The van der Waals surface area contributed by atoms with Crippen molar-refractivity contribution in [2.75, 3.05) is 6.54 Å². The van der Waals surface area contributed by atoms with Crippen LogP contribution in [0.25, 0.3) is 0 Å². The lowest BCUT2D eigenvalue weighted by molar-refractivity contribution is -0.118. The molecule has 64 valence electrons. The van der Waals surface area contributed by atoms with Crippen molar-refractivity contribution in [2.45, 2.75) is 19.4 Å². The summed E-state index contributed by atoms with van der Waals surface area (Å²) in [5.41, 5.74) is 2.21. The highest BCUT2D eigenvalue weighted by atomic mass is 16.1. The largest absolute Gasteiger partial charge is 0.306 e. The number of nitrogens with one attached hydrogen (secondary N) is 1. The van der Waals surface area contributed by atoms with E-state index in [0.29, 0.717) is 6.04 Å². The molecule has 2 aliphatic rings. The van der Waals surface area contributed by atoms with Gasteiger partial charge in [-0.3, -0.25) is 4.79 Å². The van der Waals surface area contributed by atoms with Crippen LogP contribution in [0.2, 0.25) is 0 Å². The van der Waals surface area contributed by atoms with Crippen molar-refractivity contribution in [3.05, 3.63) is 23.8 Å². The van der Waals surface area contributed by atoms with Crippen LogP contribution >= 0.6 is 0 Å². The van der Waals surface area contributed by atoms with E-state index in [1.54, 1.807) is 6.08 Å². The van der Waals surface area contributed by atoms with Gasteiger partial charge in [-0.2, -0.15) is 0 Å². The third-order valence-corrected chi connectivity index (χ3v) is 2.80. The van der Waals surface area contributed by atoms with Gasteiger partial charge in [-0.25, -0.2) is 0 Å². The number of carbonyl (C=O) groups is 1. The molecule has 1 aliphatic heterocycles. The lowest BCUT2D eigenvalue weighted by Crippen LogP contribution is -2.45. The van der Waals surface area contributed by atoms with Crippen LogP contribution in [0.15, 0.2) is 23.8 Å². The van der Waals surface area contributed by atoms with Crippen molar-refractivity contribution < 1.29 is 4.79 Å². The number of rotatable bonds is 0. The van der Waals surface area contributed by atoms with E-state index in [1.165, 1.54) is 5.57 Å². The Bertz CT molecular complexity index is 278. The predicted octanol–water partition coefficient (Wildman–Crippen LogP) is 1.05. The zero-order valence-corrected chi connectivity index (χ0v) is 7.26. The van der Waals surface area contributed by atoms with Crippen LogP contribution in [0, 0.1) is 5.92 Å². The van der Waals surface area contributed by atoms with Crippen molar-refractivity contribution in [3.63, 3.8) is 0 Å². The minimum absolute atomic E-state index is 0.0972. The van der Waals surface area contributed by atoms with Crippen LogP contribution in [0.5, 0.6) is 0 Å². The summed E-state index contributed by atoms with van der Waals surface area (Å²) in [6.07, 6.45) is 2.68. The molecule has 0 radical (unpaired) electrons. The fourth-order valence-electron chi connectivity index (χ4n) is 1.95. The Morgan fingerprint density at radius 1 is 1.67 bits per heavy atom. The molecule has 2 unspecified atom stereocenters. The Balaban J connectivity index is 2.34. The first-order valence-corrected chi connectivity index (χ1v) is 4.31. The summed E-state index contributed by atoms with van der Waals surface area (Å²) in [5, 5.41) is 3.35. The topological polar surface area (TPSA) is 29.1 Å². The molecule has 2 rings (SSSR count). The zero-order valence-electron chi connectivity index (χ0n) is 7.26. The van der Waals surface area contributed by atoms with Gasteiger partial charge in [0.1, 0.15) is 0 Å². The minimum Gasteiger partial charge on any atom is -0.306 e. The van der Waals surface area contributed by atoms with Crippen molar-refractivity contribution in [2.24, 2.45) is 5.92 Å². The number of ketones is 1. The number of fused-ring (bicyclic) bond motifs is 2. The van der Waals surface area contributed by atoms with Gasteiger partial charge < -0.3 is 5.32 Å². The monoisotopic (exact) mass is 163 g/mol. The van der Waals surface area contributed by atoms with Gasteiger partial charge in [-0.1, -0.05) is 17.7 Å². The van der Waals surface area contributed by atoms with Crippen LogP contribution in [0.1, 0.15) is 13.3 Å². The van der Waals surface area contributed by atoms with E-state index in [1.807, 2.05) is 6.92 Å². The summed E-state index contributed by atoms with van der Waals surface area (Å²) in [4.78, 5) is 11.5. The third-order valence-electron chi connectivity index (χ3n) is 2.80. The van der Waals surface area contributed by atoms with Crippen molar-refractivity contribution >= 4 is 5.78 Å². The van der Waals surface area contributed by atoms with Gasteiger partial charge in [-0.15, -0.1) is 0 Å². The predicted molar refractivity (Wildman–Crippen MR) is 47.8 cm³/mol. The van der Waals surface area contributed by atoms with Gasteiger partial charge in [0, 0.05) is 18.5 Å². The first-order valence-electron chi connectivity index (χ1n) is 4.31. The van der Waals surface area contributed by atoms with Crippen LogP contribution in [-0.2, 0) is 4.79 Å². The number of piperidine rings is 1. The SMILES string of the molecule is C=C1CNC2CC1C(=O)C=C2C. The van der Waals surface area contributed by atoms with E-state index in [-0.39, 0.29) is 11.7 Å². The number of carbonyl (C=O) groups excluding carboxylic acids is 1. The second-order valence-corrected chi connectivity index (χ2v) is 3.67. The second kappa shape index (κ2) is 2.56. The maximum absolute atomic E-state index is 11.5. The summed E-state index contributed by atoms with van der Waals surface area (Å²) in [6, 6.07) is 0.415. The molecule has 2 nitrogen and oxygen atoms in total. The fraction of sp³-hybridized carbons (Fsp3) is 0.500. The standard InChI is InChI=1S/C10H13NO/c1-6-3-10(12)8-4-9(6)11-5-7(8)2/h3,8-9,11H,2,4-5H2,1H3. The molecule has 1 N–H and O–H groups in total. The number of allylic oxidation sites excluding steroid dienone is 1. The van der Waals surface area contributed by atoms with E-state index >= 15 is 0 Å². The second-order valence-electron chi connectivity index (χ2n) is 3.67. The Morgan fingerprint density at radius 2 is 2.42 bits per heavy atom. The maximum atomic E-state index is 11.5. The molecule has 0 aromatic heterocycles. The molecule has 2 atom stereocenters. The highest BCUT2D eigenvalue weighted by molar-refractivity contribution is 5.95. The lowest BCUT2D eigenvalue weighted by atomic mass is 9.78. The fourth-order valence-corrected chi connectivity index (χ4v) is 1.95. The smallest absolute Gasteiger partial charge is 0.162 e. The van der Waals surface area contributed by atoms with Gasteiger partial charge in [0.05, 0.1) is 0 Å². The molecule has 12 heavy (non-hydrogen) atoms. The molecule has 1 aliphatic carbocycles. The maximum Gasteiger partial charge on any atom is 0.162 e. The molecular formula is C10H13NO. The summed E-state index contributed by atoms with van der Waals surface area (Å²) < 4.78 is 0. The van der Waals surface area contributed by atoms with E-state index < -0.39 is 0 Å². The highest BCUT2D eigenvalue weighted by Crippen LogP contribution is 2.29. The van der Waals surface area contributed by atoms with Gasteiger partial charge in [0.2, 0.25) is 0 Å². The lowest BCUT2D eigenvalue weighted by Gasteiger charge is -2.35. The molecule has 0 amide bonds. The third kappa shape index (κ3) is 1.03. The van der Waals surface area contributed by atoms with Crippen LogP contribution in [-0.4, -0.2) is 18.4 Å². The first kappa shape index (κ1) is 7.74. The minimum atomic E-state index is 0.0972. The van der Waals surface area contributed by atoms with Crippen molar-refractivity contribution in [3.8, 4) is 0 Å². The Kier molecular flexibility index (Phi) is 1.65. The van der Waals surface area contributed by atoms with E-state index in [0.717, 1.165) is 18.5 Å². The van der Waals surface area contributed by atoms with Crippen LogP contribution < -0.4 is 5.32 Å². The molecule has 1 heterocycles. The van der Waals surface area contributed by atoms with Crippen LogP contribution in [0.4, 0.5) is 0 Å². The van der Waals surface area contributed by atoms with E-state index in [2.05, 4.69) is 11.9 Å². The number of hydrogen-bond donors (Lipinski definition) is 1. The quantitative estimate of drug-likeness (QED) is 0.541. The summed E-state index contributed by atoms with van der Waals surface area (Å²) in [7, 11) is 0. The number of hydrogen-bond acceptors (Lipinski definition) is 2. The molecule has 2 bridgehead atoms. The van der Waals surface area contributed by atoms with E-state index in [9.17, 15) is 4.79 Å². The molecular weight excluding hydrogens is 150 g/mol. The average Bonchev–Trinajstić information content (AvgIpc) is 2.03. The summed E-state index contributed by atoms with van der Waals surface area (Å²) in [5.74, 6) is 0.343. The first-order chi connectivity index (χ1) is 5.68. The van der Waals surface area contributed by atoms with E-state index in [4.69, 9.17) is 0 Å². The molecule has 1 fully saturated rings. The highest BCUT2D eigenvalue weighted by Gasteiger charge is 2.33. The summed E-state index contributed by atoms with van der Waals surface area (Å²) in [6.45, 7) is 6.71. The molecule has 1 saturated heterocycles. The molecule has 0 aromatic rings. The van der Waals surface area contributed by atoms with Crippen molar-refractivity contribution in [1.29, 1.82) is 0 Å². The van der Waals surface area contributed by atoms with Gasteiger partial charge in [-0.05, 0) is 19.4 Å². The average molecular weight is 163 g/mol. The Labute approximate surface area is 72.3 Å². The Morgan fingerprint density at radius 3 is 3.17 bits per heavy atom. The Hall–Kier alpha value is -0.890. The molecule has 2 heteroatoms.